The SMILES string of the molecule is CC(OS(=O)O)=C(N)CCN. The van der Waals surface area contributed by atoms with E-state index >= 15 is 0 Å². The van der Waals surface area contributed by atoms with Crippen molar-refractivity contribution in [2.24, 2.45) is 11.5 Å². The summed E-state index contributed by atoms with van der Waals surface area (Å²) in [5.74, 6) is 0.247. The van der Waals surface area contributed by atoms with Gasteiger partial charge in [-0.2, -0.15) is 4.21 Å². The summed E-state index contributed by atoms with van der Waals surface area (Å²) >= 11 is -2.30. The summed E-state index contributed by atoms with van der Waals surface area (Å²) in [7, 11) is 0. The average molecular weight is 180 g/mol. The Bertz CT molecular complexity index is 181. The van der Waals surface area contributed by atoms with E-state index in [2.05, 4.69) is 4.18 Å². The molecule has 0 aromatic rings. The van der Waals surface area contributed by atoms with Crippen molar-refractivity contribution in [1.29, 1.82) is 0 Å². The molecule has 11 heavy (non-hydrogen) atoms. The van der Waals surface area contributed by atoms with E-state index in [-0.39, 0.29) is 5.76 Å². The molecule has 0 radical (unpaired) electrons. The van der Waals surface area contributed by atoms with Crippen LogP contribution in [0, 0.1) is 0 Å². The van der Waals surface area contributed by atoms with Gasteiger partial charge in [-0.05, 0) is 13.5 Å². The van der Waals surface area contributed by atoms with Gasteiger partial charge in [0.2, 0.25) is 0 Å². The monoisotopic (exact) mass is 180 g/mol. The third-order valence-corrected chi connectivity index (χ3v) is 1.45. The first-order valence-corrected chi connectivity index (χ1v) is 4.05. The van der Waals surface area contributed by atoms with Crippen LogP contribution < -0.4 is 11.5 Å². The van der Waals surface area contributed by atoms with Crippen LogP contribution in [0.15, 0.2) is 11.5 Å². The maximum Gasteiger partial charge on any atom is 0.357 e. The molecule has 1 atom stereocenters. The van der Waals surface area contributed by atoms with Gasteiger partial charge in [0.25, 0.3) is 0 Å². The average Bonchev–Trinajstić information content (AvgIpc) is 1.86. The summed E-state index contributed by atoms with van der Waals surface area (Å²) in [6.07, 6.45) is 0.461. The maximum atomic E-state index is 10.1. The fraction of sp³-hybridized carbons (Fsp3) is 0.600. The topological polar surface area (TPSA) is 98.6 Å². The second-order valence-corrected chi connectivity index (χ2v) is 2.52. The van der Waals surface area contributed by atoms with Crippen LogP contribution in [-0.2, 0) is 15.5 Å². The smallest absolute Gasteiger partial charge is 0.357 e. The van der Waals surface area contributed by atoms with Crippen molar-refractivity contribution in [2.45, 2.75) is 13.3 Å². The highest BCUT2D eigenvalue weighted by molar-refractivity contribution is 7.74. The number of nitrogens with two attached hydrogens (primary N) is 2. The molecule has 66 valence electrons. The predicted molar refractivity (Wildman–Crippen MR) is 42.4 cm³/mol. The quantitative estimate of drug-likeness (QED) is 0.407. The first kappa shape index (κ1) is 10.4. The molecule has 0 aliphatic heterocycles. The van der Waals surface area contributed by atoms with Crippen molar-refractivity contribution in [3.8, 4) is 0 Å². The molecular weight excluding hydrogens is 168 g/mol. The Balaban J connectivity index is 4.04. The van der Waals surface area contributed by atoms with Crippen LogP contribution in [0.3, 0.4) is 0 Å². The summed E-state index contributed by atoms with van der Waals surface area (Å²) < 4.78 is 22.7. The molecule has 1 unspecified atom stereocenters. The van der Waals surface area contributed by atoms with Crippen molar-refractivity contribution in [3.63, 3.8) is 0 Å². The number of allylic oxidation sites excluding steroid dienone is 1. The van der Waals surface area contributed by atoms with Gasteiger partial charge in [0, 0.05) is 12.1 Å². The van der Waals surface area contributed by atoms with Gasteiger partial charge in [0.15, 0.2) is 0 Å². The molecule has 0 rings (SSSR count). The van der Waals surface area contributed by atoms with Gasteiger partial charge >= 0.3 is 11.4 Å². The van der Waals surface area contributed by atoms with Crippen LogP contribution in [-0.4, -0.2) is 15.3 Å². The highest BCUT2D eigenvalue weighted by atomic mass is 32.2. The second kappa shape index (κ2) is 5.11. The molecule has 0 bridgehead atoms. The minimum atomic E-state index is -2.30. The lowest BCUT2D eigenvalue weighted by Crippen LogP contribution is -2.10. The van der Waals surface area contributed by atoms with E-state index in [1.165, 1.54) is 6.92 Å². The Labute approximate surface area is 67.9 Å². The van der Waals surface area contributed by atoms with E-state index in [1.54, 1.807) is 0 Å². The van der Waals surface area contributed by atoms with Gasteiger partial charge in [-0.25, -0.2) is 0 Å². The predicted octanol–water partition coefficient (Wildman–Crippen LogP) is -0.321. The minimum Gasteiger partial charge on any atom is -0.399 e. The summed E-state index contributed by atoms with van der Waals surface area (Å²) in [5, 5.41) is 0. The second-order valence-electron chi connectivity index (χ2n) is 1.92. The lowest BCUT2D eigenvalue weighted by molar-refractivity contribution is 0.382. The fourth-order valence-corrected chi connectivity index (χ4v) is 0.813. The van der Waals surface area contributed by atoms with Gasteiger partial charge in [-0.3, -0.25) is 4.55 Å². The Morgan fingerprint density at radius 2 is 2.27 bits per heavy atom. The van der Waals surface area contributed by atoms with Crippen molar-refractivity contribution in [3.05, 3.63) is 11.5 Å². The van der Waals surface area contributed by atoms with Gasteiger partial charge < -0.3 is 15.7 Å². The van der Waals surface area contributed by atoms with Gasteiger partial charge in [-0.15, -0.1) is 0 Å². The van der Waals surface area contributed by atoms with Crippen LogP contribution in [0.4, 0.5) is 0 Å². The van der Waals surface area contributed by atoms with Crippen molar-refractivity contribution in [1.82, 2.24) is 0 Å². The summed E-state index contributed by atoms with van der Waals surface area (Å²) in [5.41, 5.74) is 11.0. The molecule has 5 N–H and O–H groups in total. The van der Waals surface area contributed by atoms with Crippen LogP contribution in [0.2, 0.25) is 0 Å². The van der Waals surface area contributed by atoms with E-state index < -0.39 is 11.4 Å². The number of hydrogen-bond donors (Lipinski definition) is 3. The van der Waals surface area contributed by atoms with Crippen LogP contribution in [0.5, 0.6) is 0 Å². The molecule has 0 heterocycles. The Hall–Kier alpha value is -0.590. The third-order valence-electron chi connectivity index (χ3n) is 1.06. The molecule has 6 heteroatoms. The zero-order chi connectivity index (χ0) is 8.85. The molecule has 0 fully saturated rings. The van der Waals surface area contributed by atoms with E-state index in [0.29, 0.717) is 18.7 Å². The Kier molecular flexibility index (Phi) is 4.84. The lowest BCUT2D eigenvalue weighted by atomic mass is 10.3. The van der Waals surface area contributed by atoms with Gasteiger partial charge in [0.1, 0.15) is 5.76 Å². The molecule has 0 aliphatic rings. The molecular formula is C5H12N2O3S. The molecule has 0 saturated carbocycles. The largest absolute Gasteiger partial charge is 0.399 e. The molecule has 0 aromatic heterocycles. The lowest BCUT2D eigenvalue weighted by Gasteiger charge is -2.03. The van der Waals surface area contributed by atoms with Crippen molar-refractivity contribution < 1.29 is 12.9 Å². The van der Waals surface area contributed by atoms with E-state index in [4.69, 9.17) is 16.0 Å². The summed E-state index contributed by atoms with van der Waals surface area (Å²) in [6, 6.07) is 0. The zero-order valence-electron chi connectivity index (χ0n) is 6.24. The molecule has 0 aliphatic carbocycles. The number of rotatable bonds is 4. The first-order valence-electron chi connectivity index (χ1n) is 3.02. The molecule has 0 saturated heterocycles. The Morgan fingerprint density at radius 1 is 1.73 bits per heavy atom. The minimum absolute atomic E-state index is 0.247. The summed E-state index contributed by atoms with van der Waals surface area (Å²) in [6.45, 7) is 1.91. The van der Waals surface area contributed by atoms with E-state index in [0.717, 1.165) is 0 Å². The highest BCUT2D eigenvalue weighted by Crippen LogP contribution is 2.03. The van der Waals surface area contributed by atoms with Crippen LogP contribution in [0.25, 0.3) is 0 Å². The third kappa shape index (κ3) is 4.77. The standard InChI is InChI=1S/C5H12N2O3S/c1-4(10-11(8)9)5(7)2-3-6/h2-3,6-7H2,1H3,(H,8,9). The van der Waals surface area contributed by atoms with Crippen LogP contribution in [0.1, 0.15) is 13.3 Å². The Morgan fingerprint density at radius 3 is 2.64 bits per heavy atom. The normalized spacial score (nSPS) is 15.5. The van der Waals surface area contributed by atoms with Crippen molar-refractivity contribution in [2.75, 3.05) is 6.54 Å². The van der Waals surface area contributed by atoms with E-state index in [9.17, 15) is 4.21 Å². The van der Waals surface area contributed by atoms with Gasteiger partial charge in [0.05, 0.1) is 0 Å². The molecule has 0 amide bonds. The maximum absolute atomic E-state index is 10.1. The molecule has 5 nitrogen and oxygen atoms in total. The molecule has 0 aromatic carbocycles. The van der Waals surface area contributed by atoms with E-state index in [1.807, 2.05) is 0 Å². The summed E-state index contributed by atoms with van der Waals surface area (Å²) in [4.78, 5) is 0. The highest BCUT2D eigenvalue weighted by Gasteiger charge is 2.00. The van der Waals surface area contributed by atoms with Gasteiger partial charge in [-0.1, -0.05) is 0 Å². The van der Waals surface area contributed by atoms with Crippen LogP contribution >= 0.6 is 0 Å². The zero-order valence-corrected chi connectivity index (χ0v) is 7.06. The fourth-order valence-electron chi connectivity index (χ4n) is 0.492. The molecule has 0 spiro atoms. The number of hydrogen-bond acceptors (Lipinski definition) is 4. The first-order chi connectivity index (χ1) is 5.07. The van der Waals surface area contributed by atoms with Crippen molar-refractivity contribution >= 4 is 11.4 Å².